The number of benzene rings is 1. The van der Waals surface area contributed by atoms with Crippen molar-refractivity contribution in [3.63, 3.8) is 0 Å². The van der Waals surface area contributed by atoms with Gasteiger partial charge in [-0.25, -0.2) is 4.39 Å². The van der Waals surface area contributed by atoms with Gasteiger partial charge < -0.3 is 10.1 Å². The summed E-state index contributed by atoms with van der Waals surface area (Å²) < 4.78 is 17.8. The molecule has 0 spiro atoms. The summed E-state index contributed by atoms with van der Waals surface area (Å²) in [5.74, 6) is -0.185. The van der Waals surface area contributed by atoms with E-state index in [2.05, 4.69) is 5.32 Å². The van der Waals surface area contributed by atoms with Crippen molar-refractivity contribution in [1.29, 1.82) is 0 Å². The minimum atomic E-state index is -0.185. The Morgan fingerprint density at radius 2 is 1.94 bits per heavy atom. The van der Waals surface area contributed by atoms with Gasteiger partial charge in [0.05, 0.1) is 0 Å². The highest BCUT2D eigenvalue weighted by atomic mass is 35.5. The summed E-state index contributed by atoms with van der Waals surface area (Å²) in [4.78, 5) is 0. The first kappa shape index (κ1) is 15.4. The Hall–Kier alpha value is -0.640. The molecule has 4 heteroatoms. The molecular formula is C12H19ClFNO. The second-order valence-corrected chi connectivity index (χ2v) is 3.35. The van der Waals surface area contributed by atoms with E-state index >= 15 is 0 Å². The standard InChI is InChI=1S/C12H18FNO.ClH/c1-2-15-9-3-8-14-10-11-4-6-12(13)7-5-11;/h4-7,14H,2-3,8-10H2,1H3;1H. The molecule has 1 aromatic carbocycles. The summed E-state index contributed by atoms with van der Waals surface area (Å²) in [5.41, 5.74) is 1.10. The molecule has 1 rings (SSSR count). The zero-order valence-corrected chi connectivity index (χ0v) is 10.4. The van der Waals surface area contributed by atoms with Crippen LogP contribution < -0.4 is 5.32 Å². The molecule has 0 atom stereocenters. The average Bonchev–Trinajstić information content (AvgIpc) is 2.26. The highest BCUT2D eigenvalue weighted by molar-refractivity contribution is 5.85. The lowest BCUT2D eigenvalue weighted by atomic mass is 10.2. The summed E-state index contributed by atoms with van der Waals surface area (Å²) in [5, 5.41) is 3.28. The van der Waals surface area contributed by atoms with Gasteiger partial charge >= 0.3 is 0 Å². The highest BCUT2D eigenvalue weighted by Gasteiger charge is 1.93. The number of hydrogen-bond donors (Lipinski definition) is 1. The van der Waals surface area contributed by atoms with E-state index in [1.54, 1.807) is 12.1 Å². The molecule has 0 bridgehead atoms. The smallest absolute Gasteiger partial charge is 0.123 e. The van der Waals surface area contributed by atoms with Crippen LogP contribution >= 0.6 is 12.4 Å². The van der Waals surface area contributed by atoms with Crippen LogP contribution in [0.2, 0.25) is 0 Å². The molecule has 0 fully saturated rings. The third-order valence-corrected chi connectivity index (χ3v) is 2.09. The molecule has 0 aromatic heterocycles. The molecule has 2 nitrogen and oxygen atoms in total. The molecule has 1 aromatic rings. The van der Waals surface area contributed by atoms with Crippen LogP contribution in [0.5, 0.6) is 0 Å². The van der Waals surface area contributed by atoms with E-state index in [9.17, 15) is 4.39 Å². The molecule has 1 N–H and O–H groups in total. The first-order chi connectivity index (χ1) is 7.33. The first-order valence-electron chi connectivity index (χ1n) is 5.36. The van der Waals surface area contributed by atoms with Crippen molar-refractivity contribution in [3.8, 4) is 0 Å². The van der Waals surface area contributed by atoms with Crippen LogP contribution in [0.1, 0.15) is 18.9 Å². The fraction of sp³-hybridized carbons (Fsp3) is 0.500. The molecule has 16 heavy (non-hydrogen) atoms. The molecule has 0 heterocycles. The zero-order valence-electron chi connectivity index (χ0n) is 9.54. The first-order valence-corrected chi connectivity index (χ1v) is 5.36. The summed E-state index contributed by atoms with van der Waals surface area (Å²) in [6, 6.07) is 6.56. The van der Waals surface area contributed by atoms with Gasteiger partial charge in [-0.05, 0) is 37.6 Å². The molecule has 0 saturated carbocycles. The zero-order chi connectivity index (χ0) is 10.9. The maximum atomic E-state index is 12.6. The number of halogens is 2. The predicted molar refractivity (Wildman–Crippen MR) is 66.5 cm³/mol. The lowest BCUT2D eigenvalue weighted by Gasteiger charge is -2.04. The molecule has 0 saturated heterocycles. The quantitative estimate of drug-likeness (QED) is 0.749. The van der Waals surface area contributed by atoms with E-state index in [0.29, 0.717) is 0 Å². The van der Waals surface area contributed by atoms with Crippen LogP contribution in [0.25, 0.3) is 0 Å². The molecule has 0 amide bonds. The molecule has 92 valence electrons. The Balaban J connectivity index is 0.00000225. The lowest BCUT2D eigenvalue weighted by Crippen LogP contribution is -2.16. The minimum Gasteiger partial charge on any atom is -0.382 e. The molecule has 0 aliphatic rings. The number of hydrogen-bond acceptors (Lipinski definition) is 2. The Morgan fingerprint density at radius 3 is 2.56 bits per heavy atom. The van der Waals surface area contributed by atoms with Crippen LogP contribution in [0.3, 0.4) is 0 Å². The van der Waals surface area contributed by atoms with E-state index in [0.717, 1.165) is 38.3 Å². The summed E-state index contributed by atoms with van der Waals surface area (Å²) in [6.45, 7) is 5.28. The van der Waals surface area contributed by atoms with Crippen molar-refractivity contribution in [2.45, 2.75) is 19.9 Å². The van der Waals surface area contributed by atoms with Crippen molar-refractivity contribution in [1.82, 2.24) is 5.32 Å². The van der Waals surface area contributed by atoms with Crippen molar-refractivity contribution in [2.24, 2.45) is 0 Å². The van der Waals surface area contributed by atoms with Crippen LogP contribution in [0.4, 0.5) is 4.39 Å². The molecular weight excluding hydrogens is 229 g/mol. The van der Waals surface area contributed by atoms with Crippen LogP contribution in [-0.2, 0) is 11.3 Å². The van der Waals surface area contributed by atoms with Crippen molar-refractivity contribution >= 4 is 12.4 Å². The Kier molecular flexibility index (Phi) is 9.19. The minimum absolute atomic E-state index is 0. The Labute approximate surface area is 103 Å². The number of nitrogens with one attached hydrogen (secondary N) is 1. The molecule has 0 aliphatic carbocycles. The summed E-state index contributed by atoms with van der Waals surface area (Å²) in [6.07, 6.45) is 1.01. The van der Waals surface area contributed by atoms with Crippen molar-refractivity contribution in [3.05, 3.63) is 35.6 Å². The van der Waals surface area contributed by atoms with Gasteiger partial charge in [0.2, 0.25) is 0 Å². The second kappa shape index (κ2) is 9.58. The number of rotatable bonds is 7. The molecule has 0 unspecified atom stereocenters. The Bertz CT molecular complexity index is 266. The van der Waals surface area contributed by atoms with Crippen LogP contribution in [0.15, 0.2) is 24.3 Å². The fourth-order valence-electron chi connectivity index (χ4n) is 1.28. The maximum absolute atomic E-state index is 12.6. The SMILES string of the molecule is CCOCCCNCc1ccc(F)cc1.Cl. The largest absolute Gasteiger partial charge is 0.382 e. The molecule has 0 aliphatic heterocycles. The van der Waals surface area contributed by atoms with E-state index in [4.69, 9.17) is 4.74 Å². The van der Waals surface area contributed by atoms with Gasteiger partial charge in [-0.3, -0.25) is 0 Å². The van der Waals surface area contributed by atoms with Crippen molar-refractivity contribution < 1.29 is 9.13 Å². The lowest BCUT2D eigenvalue weighted by molar-refractivity contribution is 0.144. The van der Waals surface area contributed by atoms with Gasteiger partial charge in [0.15, 0.2) is 0 Å². The topological polar surface area (TPSA) is 21.3 Å². The van der Waals surface area contributed by atoms with Gasteiger partial charge in [0.25, 0.3) is 0 Å². The van der Waals surface area contributed by atoms with E-state index < -0.39 is 0 Å². The number of ether oxygens (including phenoxy) is 1. The summed E-state index contributed by atoms with van der Waals surface area (Å²) in [7, 11) is 0. The van der Waals surface area contributed by atoms with Crippen LogP contribution in [-0.4, -0.2) is 19.8 Å². The van der Waals surface area contributed by atoms with Crippen LogP contribution in [0, 0.1) is 5.82 Å². The van der Waals surface area contributed by atoms with Gasteiger partial charge in [-0.2, -0.15) is 0 Å². The van der Waals surface area contributed by atoms with Crippen molar-refractivity contribution in [2.75, 3.05) is 19.8 Å². The van der Waals surface area contributed by atoms with Gasteiger partial charge in [0.1, 0.15) is 5.82 Å². The van der Waals surface area contributed by atoms with Gasteiger partial charge in [-0.15, -0.1) is 12.4 Å². The average molecular weight is 248 g/mol. The molecule has 0 radical (unpaired) electrons. The third kappa shape index (κ3) is 6.77. The monoisotopic (exact) mass is 247 g/mol. The Morgan fingerprint density at radius 1 is 1.25 bits per heavy atom. The predicted octanol–water partition coefficient (Wildman–Crippen LogP) is 2.76. The van der Waals surface area contributed by atoms with E-state index in [-0.39, 0.29) is 18.2 Å². The van der Waals surface area contributed by atoms with E-state index in [1.807, 2.05) is 6.92 Å². The summed E-state index contributed by atoms with van der Waals surface area (Å²) >= 11 is 0. The van der Waals surface area contributed by atoms with E-state index in [1.165, 1.54) is 12.1 Å². The fourth-order valence-corrected chi connectivity index (χ4v) is 1.28. The highest BCUT2D eigenvalue weighted by Crippen LogP contribution is 2.01. The second-order valence-electron chi connectivity index (χ2n) is 3.35. The van der Waals surface area contributed by atoms with Gasteiger partial charge in [-0.1, -0.05) is 12.1 Å². The maximum Gasteiger partial charge on any atom is 0.123 e. The third-order valence-electron chi connectivity index (χ3n) is 2.09. The normalized spacial score (nSPS) is 9.88. The van der Waals surface area contributed by atoms with Gasteiger partial charge in [0, 0.05) is 19.8 Å².